The summed E-state index contributed by atoms with van der Waals surface area (Å²) in [7, 11) is 0. The van der Waals surface area contributed by atoms with Gasteiger partial charge < -0.3 is 14.7 Å². The maximum Gasteiger partial charge on any atom is 0.410 e. The van der Waals surface area contributed by atoms with Gasteiger partial charge in [-0.25, -0.2) is 4.79 Å². The third kappa shape index (κ3) is 4.46. The van der Waals surface area contributed by atoms with E-state index >= 15 is 0 Å². The van der Waals surface area contributed by atoms with Crippen LogP contribution in [0.5, 0.6) is 0 Å². The monoisotopic (exact) mass is 369 g/mol. The predicted molar refractivity (Wildman–Crippen MR) is 89.7 cm³/mol. The number of carbonyl (C=O) groups excluding carboxylic acids is 1. The summed E-state index contributed by atoms with van der Waals surface area (Å²) < 4.78 is 6.41. The highest BCUT2D eigenvalue weighted by Crippen LogP contribution is 2.33. The number of carbonyl (C=O) groups is 1. The molecule has 1 amide bonds. The van der Waals surface area contributed by atoms with Crippen LogP contribution in [-0.2, 0) is 10.3 Å². The molecule has 122 valence electrons. The molecule has 0 radical (unpaired) electrons. The van der Waals surface area contributed by atoms with E-state index < -0.39 is 11.2 Å². The van der Waals surface area contributed by atoms with E-state index in [4.69, 9.17) is 4.74 Å². The number of hydrogen-bond donors (Lipinski definition) is 1. The van der Waals surface area contributed by atoms with Crippen LogP contribution in [-0.4, -0.2) is 34.8 Å². The van der Waals surface area contributed by atoms with E-state index in [1.807, 2.05) is 45.0 Å². The maximum absolute atomic E-state index is 12.2. The maximum atomic E-state index is 12.2. The van der Waals surface area contributed by atoms with Crippen molar-refractivity contribution in [3.05, 3.63) is 34.3 Å². The van der Waals surface area contributed by atoms with Gasteiger partial charge in [-0.15, -0.1) is 0 Å². The summed E-state index contributed by atoms with van der Waals surface area (Å²) in [5.74, 6) is 0. The normalized spacial score (nSPS) is 23.0. The first-order chi connectivity index (χ1) is 10.2. The minimum atomic E-state index is -0.878. The highest BCUT2D eigenvalue weighted by atomic mass is 79.9. The van der Waals surface area contributed by atoms with Crippen LogP contribution in [0.3, 0.4) is 0 Å². The van der Waals surface area contributed by atoms with E-state index in [0.717, 1.165) is 16.5 Å². The minimum Gasteiger partial charge on any atom is -0.444 e. The summed E-state index contributed by atoms with van der Waals surface area (Å²) >= 11 is 3.41. The summed E-state index contributed by atoms with van der Waals surface area (Å²) in [6.07, 6.45) is 1.63. The van der Waals surface area contributed by atoms with Gasteiger partial charge in [-0.2, -0.15) is 0 Å². The molecule has 0 spiro atoms. The van der Waals surface area contributed by atoms with Crippen LogP contribution in [0.1, 0.15) is 45.6 Å². The Labute approximate surface area is 140 Å². The van der Waals surface area contributed by atoms with E-state index in [9.17, 15) is 9.90 Å². The Morgan fingerprint density at radius 1 is 1.23 bits per heavy atom. The van der Waals surface area contributed by atoms with Gasteiger partial charge >= 0.3 is 6.09 Å². The number of amides is 1. The molecule has 5 heteroatoms. The fourth-order valence-electron chi connectivity index (χ4n) is 2.68. The van der Waals surface area contributed by atoms with Crippen LogP contribution in [0.15, 0.2) is 28.7 Å². The van der Waals surface area contributed by atoms with E-state index in [0.29, 0.717) is 25.9 Å². The Morgan fingerprint density at radius 3 is 2.45 bits per heavy atom. The van der Waals surface area contributed by atoms with Crippen molar-refractivity contribution in [1.29, 1.82) is 0 Å². The van der Waals surface area contributed by atoms with Crippen LogP contribution < -0.4 is 0 Å². The van der Waals surface area contributed by atoms with E-state index in [1.165, 1.54) is 0 Å². The van der Waals surface area contributed by atoms with Crippen LogP contribution in [0.2, 0.25) is 0 Å². The SMILES string of the molecule is CC(C)(C)OC(=O)N1CCCC(O)(c2ccc(Br)cc2)CC1. The number of hydrogen-bond acceptors (Lipinski definition) is 3. The molecule has 2 rings (SSSR count). The predicted octanol–water partition coefficient (Wildman–Crippen LogP) is 4.06. The van der Waals surface area contributed by atoms with Gasteiger partial charge in [0.15, 0.2) is 0 Å². The van der Waals surface area contributed by atoms with Gasteiger partial charge in [0.2, 0.25) is 0 Å². The average molecular weight is 370 g/mol. The van der Waals surface area contributed by atoms with Crippen LogP contribution in [0.4, 0.5) is 4.79 Å². The van der Waals surface area contributed by atoms with E-state index in [-0.39, 0.29) is 6.09 Å². The summed E-state index contributed by atoms with van der Waals surface area (Å²) in [5.41, 5.74) is -0.468. The number of rotatable bonds is 1. The van der Waals surface area contributed by atoms with Crippen molar-refractivity contribution in [2.75, 3.05) is 13.1 Å². The van der Waals surface area contributed by atoms with Crippen molar-refractivity contribution in [2.45, 2.75) is 51.2 Å². The standard InChI is InChI=1S/C17H24BrNO3/c1-16(2,3)22-15(20)19-11-4-9-17(21,10-12-19)13-5-7-14(18)8-6-13/h5-8,21H,4,9-12H2,1-3H3. The Balaban J connectivity index is 2.05. The molecule has 1 aromatic carbocycles. The Hall–Kier alpha value is -1.07. The lowest BCUT2D eigenvalue weighted by Gasteiger charge is -2.28. The smallest absolute Gasteiger partial charge is 0.410 e. The van der Waals surface area contributed by atoms with Gasteiger partial charge in [0.25, 0.3) is 0 Å². The van der Waals surface area contributed by atoms with Crippen molar-refractivity contribution in [1.82, 2.24) is 4.90 Å². The zero-order chi connectivity index (χ0) is 16.4. The molecule has 1 aliphatic heterocycles. The summed E-state index contributed by atoms with van der Waals surface area (Å²) in [5, 5.41) is 11.0. The van der Waals surface area contributed by atoms with Crippen molar-refractivity contribution < 1.29 is 14.6 Å². The molecular weight excluding hydrogens is 346 g/mol. The molecule has 22 heavy (non-hydrogen) atoms. The Bertz CT molecular complexity index is 524. The molecule has 1 saturated heterocycles. The number of likely N-dealkylation sites (tertiary alicyclic amines) is 1. The van der Waals surface area contributed by atoms with Gasteiger partial charge in [-0.3, -0.25) is 0 Å². The quantitative estimate of drug-likeness (QED) is 0.811. The first kappa shape index (κ1) is 17.3. The van der Waals surface area contributed by atoms with Gasteiger partial charge in [-0.1, -0.05) is 28.1 Å². The second kappa shape index (κ2) is 6.59. The summed E-state index contributed by atoms with van der Waals surface area (Å²) in [6, 6.07) is 7.74. The number of nitrogens with zero attached hydrogens (tertiary/aromatic N) is 1. The van der Waals surface area contributed by atoms with Crippen molar-refractivity contribution in [3.8, 4) is 0 Å². The number of aliphatic hydroxyl groups is 1. The second-order valence-corrected chi connectivity index (χ2v) is 7.78. The Kier molecular flexibility index (Phi) is 5.17. The third-order valence-corrected chi connectivity index (χ3v) is 4.38. The van der Waals surface area contributed by atoms with Crippen LogP contribution in [0.25, 0.3) is 0 Å². The van der Waals surface area contributed by atoms with Gasteiger partial charge in [0.1, 0.15) is 5.60 Å². The van der Waals surface area contributed by atoms with Crippen LogP contribution >= 0.6 is 15.9 Å². The fraction of sp³-hybridized carbons (Fsp3) is 0.588. The number of ether oxygens (including phenoxy) is 1. The second-order valence-electron chi connectivity index (χ2n) is 6.86. The zero-order valence-electron chi connectivity index (χ0n) is 13.4. The van der Waals surface area contributed by atoms with E-state index in [1.54, 1.807) is 4.90 Å². The lowest BCUT2D eigenvalue weighted by molar-refractivity contribution is 0.0128. The molecule has 1 N–H and O–H groups in total. The molecule has 1 aromatic rings. The molecule has 1 unspecified atom stereocenters. The number of benzene rings is 1. The highest BCUT2D eigenvalue weighted by Gasteiger charge is 2.34. The summed E-state index contributed by atoms with van der Waals surface area (Å²) in [6.45, 7) is 6.71. The first-order valence-electron chi connectivity index (χ1n) is 7.66. The molecule has 0 aliphatic carbocycles. The molecule has 1 atom stereocenters. The van der Waals surface area contributed by atoms with Gasteiger partial charge in [0.05, 0.1) is 5.60 Å². The van der Waals surface area contributed by atoms with Crippen molar-refractivity contribution in [3.63, 3.8) is 0 Å². The number of halogens is 1. The zero-order valence-corrected chi connectivity index (χ0v) is 15.0. The largest absolute Gasteiger partial charge is 0.444 e. The van der Waals surface area contributed by atoms with Crippen molar-refractivity contribution in [2.24, 2.45) is 0 Å². The Morgan fingerprint density at radius 2 is 1.86 bits per heavy atom. The third-order valence-electron chi connectivity index (χ3n) is 3.85. The van der Waals surface area contributed by atoms with E-state index in [2.05, 4.69) is 15.9 Å². The lowest BCUT2D eigenvalue weighted by atomic mass is 9.87. The van der Waals surface area contributed by atoms with Crippen molar-refractivity contribution >= 4 is 22.0 Å². The molecule has 1 fully saturated rings. The molecule has 0 bridgehead atoms. The summed E-state index contributed by atoms with van der Waals surface area (Å²) in [4.78, 5) is 13.9. The average Bonchev–Trinajstić information content (AvgIpc) is 2.60. The van der Waals surface area contributed by atoms with Gasteiger partial charge in [-0.05, 0) is 57.7 Å². The van der Waals surface area contributed by atoms with Crippen LogP contribution in [0, 0.1) is 0 Å². The molecule has 1 aliphatic rings. The molecule has 0 saturated carbocycles. The molecule has 4 nitrogen and oxygen atoms in total. The first-order valence-corrected chi connectivity index (χ1v) is 8.45. The highest BCUT2D eigenvalue weighted by molar-refractivity contribution is 9.10. The van der Waals surface area contributed by atoms with Gasteiger partial charge in [0, 0.05) is 17.6 Å². The molecule has 0 aromatic heterocycles. The minimum absolute atomic E-state index is 0.299. The fourth-order valence-corrected chi connectivity index (χ4v) is 2.94. The molecule has 1 heterocycles. The topological polar surface area (TPSA) is 49.8 Å². The lowest BCUT2D eigenvalue weighted by Crippen LogP contribution is -2.38. The molecular formula is C17H24BrNO3.